The third-order valence-electron chi connectivity index (χ3n) is 3.17. The Balaban J connectivity index is 2.17. The van der Waals surface area contributed by atoms with E-state index in [1.165, 1.54) is 0 Å². The summed E-state index contributed by atoms with van der Waals surface area (Å²) in [6, 6.07) is 2.72. The molecule has 1 saturated carbocycles. The molecule has 5 heteroatoms. The van der Waals surface area contributed by atoms with Gasteiger partial charge in [0.05, 0.1) is 17.7 Å². The molecule has 0 unspecified atom stereocenters. The molecule has 1 aromatic carbocycles. The first-order valence-corrected chi connectivity index (χ1v) is 5.45. The molecule has 1 fully saturated rings. The molecule has 2 rings (SSSR count). The zero-order chi connectivity index (χ0) is 12.5. The van der Waals surface area contributed by atoms with Crippen molar-refractivity contribution in [2.75, 3.05) is 6.61 Å². The van der Waals surface area contributed by atoms with E-state index in [4.69, 9.17) is 0 Å². The number of amides is 1. The van der Waals surface area contributed by atoms with E-state index in [1.54, 1.807) is 0 Å². The fourth-order valence-electron chi connectivity index (χ4n) is 1.91. The molecule has 1 aliphatic carbocycles. The Morgan fingerprint density at radius 2 is 2.12 bits per heavy atom. The monoisotopic (exact) mass is 241 g/mol. The minimum atomic E-state index is -0.767. The molecule has 1 amide bonds. The highest BCUT2D eigenvalue weighted by molar-refractivity contribution is 5.95. The maximum atomic E-state index is 13.3. The molecule has 1 aliphatic rings. The van der Waals surface area contributed by atoms with Crippen molar-refractivity contribution in [3.63, 3.8) is 0 Å². The number of aliphatic hydroxyl groups excluding tert-OH is 1. The molecule has 0 heterocycles. The smallest absolute Gasteiger partial charge is 0.254 e. The van der Waals surface area contributed by atoms with Crippen molar-refractivity contribution >= 4 is 5.91 Å². The van der Waals surface area contributed by atoms with Crippen molar-refractivity contribution in [3.8, 4) is 0 Å². The average Bonchev–Trinajstić information content (AvgIpc) is 2.26. The summed E-state index contributed by atoms with van der Waals surface area (Å²) in [4.78, 5) is 11.8. The molecule has 92 valence electrons. The van der Waals surface area contributed by atoms with E-state index in [0.717, 1.165) is 24.6 Å². The molecule has 0 saturated heterocycles. The van der Waals surface area contributed by atoms with E-state index < -0.39 is 23.1 Å². The number of halogens is 2. The van der Waals surface area contributed by atoms with E-state index in [9.17, 15) is 18.7 Å². The maximum Gasteiger partial charge on any atom is 0.254 e. The SMILES string of the molecule is O=C(NC1(CO)CCC1)c1cc(F)ccc1F. The van der Waals surface area contributed by atoms with Crippen molar-refractivity contribution in [2.24, 2.45) is 0 Å². The van der Waals surface area contributed by atoms with Gasteiger partial charge in [0.25, 0.3) is 5.91 Å². The summed E-state index contributed by atoms with van der Waals surface area (Å²) in [7, 11) is 0. The molecule has 0 aliphatic heterocycles. The predicted octanol–water partition coefficient (Wildman–Crippen LogP) is 1.61. The lowest BCUT2D eigenvalue weighted by Crippen LogP contribution is -2.56. The lowest BCUT2D eigenvalue weighted by Gasteiger charge is -2.40. The van der Waals surface area contributed by atoms with Crippen LogP contribution in [0, 0.1) is 11.6 Å². The third-order valence-corrected chi connectivity index (χ3v) is 3.17. The topological polar surface area (TPSA) is 49.3 Å². The highest BCUT2D eigenvalue weighted by Gasteiger charge is 2.38. The summed E-state index contributed by atoms with van der Waals surface area (Å²) in [6.07, 6.45) is 2.23. The second-order valence-electron chi connectivity index (χ2n) is 4.37. The van der Waals surface area contributed by atoms with Crippen LogP contribution in [0.1, 0.15) is 29.6 Å². The van der Waals surface area contributed by atoms with Gasteiger partial charge in [-0.1, -0.05) is 0 Å². The van der Waals surface area contributed by atoms with Crippen LogP contribution in [0.25, 0.3) is 0 Å². The first kappa shape index (κ1) is 12.0. The van der Waals surface area contributed by atoms with Gasteiger partial charge >= 0.3 is 0 Å². The first-order chi connectivity index (χ1) is 8.06. The summed E-state index contributed by atoms with van der Waals surface area (Å²) < 4.78 is 26.3. The first-order valence-electron chi connectivity index (χ1n) is 5.45. The van der Waals surface area contributed by atoms with Gasteiger partial charge in [0.1, 0.15) is 11.6 Å². The number of hydrogen-bond acceptors (Lipinski definition) is 2. The number of rotatable bonds is 3. The summed E-state index contributed by atoms with van der Waals surface area (Å²) in [5.41, 5.74) is -0.986. The molecule has 0 bridgehead atoms. The van der Waals surface area contributed by atoms with Gasteiger partial charge in [0.2, 0.25) is 0 Å². The summed E-state index contributed by atoms with van der Waals surface area (Å²) in [5.74, 6) is -2.12. The summed E-state index contributed by atoms with van der Waals surface area (Å²) in [5, 5.41) is 11.7. The Morgan fingerprint density at radius 1 is 1.41 bits per heavy atom. The van der Waals surface area contributed by atoms with Crippen molar-refractivity contribution in [1.29, 1.82) is 0 Å². The minimum absolute atomic E-state index is 0.185. The van der Waals surface area contributed by atoms with Gasteiger partial charge in [0.15, 0.2) is 0 Å². The number of carbonyl (C=O) groups excluding carboxylic acids is 1. The molecular formula is C12H13F2NO2. The van der Waals surface area contributed by atoms with Crippen LogP contribution < -0.4 is 5.32 Å². The van der Waals surface area contributed by atoms with Crippen LogP contribution in [0.4, 0.5) is 8.78 Å². The molecule has 0 spiro atoms. The Morgan fingerprint density at radius 3 is 2.65 bits per heavy atom. The Kier molecular flexibility index (Phi) is 3.11. The van der Waals surface area contributed by atoms with Crippen LogP contribution in [-0.2, 0) is 0 Å². The number of hydrogen-bond donors (Lipinski definition) is 2. The molecule has 17 heavy (non-hydrogen) atoms. The standard InChI is InChI=1S/C12H13F2NO2/c13-8-2-3-10(14)9(6-8)11(17)15-12(7-16)4-1-5-12/h2-3,6,16H,1,4-5,7H2,(H,15,17). The van der Waals surface area contributed by atoms with Gasteiger partial charge in [0, 0.05) is 0 Å². The Hall–Kier alpha value is -1.49. The molecule has 0 atom stereocenters. The lowest BCUT2D eigenvalue weighted by atomic mass is 9.77. The molecule has 1 aromatic rings. The fourth-order valence-corrected chi connectivity index (χ4v) is 1.91. The van der Waals surface area contributed by atoms with Crippen LogP contribution in [0.5, 0.6) is 0 Å². The van der Waals surface area contributed by atoms with Crippen molar-refractivity contribution in [2.45, 2.75) is 24.8 Å². The van der Waals surface area contributed by atoms with E-state index in [0.29, 0.717) is 12.8 Å². The van der Waals surface area contributed by atoms with Crippen molar-refractivity contribution < 1.29 is 18.7 Å². The van der Waals surface area contributed by atoms with E-state index in [-0.39, 0.29) is 12.2 Å². The van der Waals surface area contributed by atoms with Gasteiger partial charge in [-0.05, 0) is 37.5 Å². The Labute approximate surface area is 97.5 Å². The second kappa shape index (κ2) is 4.41. The van der Waals surface area contributed by atoms with Crippen LogP contribution in [0.2, 0.25) is 0 Å². The van der Waals surface area contributed by atoms with Crippen molar-refractivity contribution in [1.82, 2.24) is 5.32 Å². The van der Waals surface area contributed by atoms with Crippen molar-refractivity contribution in [3.05, 3.63) is 35.4 Å². The minimum Gasteiger partial charge on any atom is -0.394 e. The fraction of sp³-hybridized carbons (Fsp3) is 0.417. The normalized spacial score (nSPS) is 17.4. The zero-order valence-corrected chi connectivity index (χ0v) is 9.17. The zero-order valence-electron chi connectivity index (χ0n) is 9.17. The lowest BCUT2D eigenvalue weighted by molar-refractivity contribution is 0.0638. The molecular weight excluding hydrogens is 228 g/mol. The van der Waals surface area contributed by atoms with Gasteiger partial charge < -0.3 is 10.4 Å². The van der Waals surface area contributed by atoms with Crippen LogP contribution >= 0.6 is 0 Å². The van der Waals surface area contributed by atoms with Gasteiger partial charge in [-0.3, -0.25) is 4.79 Å². The highest BCUT2D eigenvalue weighted by Crippen LogP contribution is 2.31. The van der Waals surface area contributed by atoms with Gasteiger partial charge in [-0.2, -0.15) is 0 Å². The molecule has 0 aromatic heterocycles. The van der Waals surface area contributed by atoms with Crippen LogP contribution in [-0.4, -0.2) is 23.2 Å². The average molecular weight is 241 g/mol. The highest BCUT2D eigenvalue weighted by atomic mass is 19.1. The predicted molar refractivity (Wildman–Crippen MR) is 57.5 cm³/mol. The van der Waals surface area contributed by atoms with Crippen LogP contribution in [0.15, 0.2) is 18.2 Å². The number of benzene rings is 1. The van der Waals surface area contributed by atoms with Gasteiger partial charge in [-0.15, -0.1) is 0 Å². The summed E-state index contributed by atoms with van der Waals surface area (Å²) in [6.45, 7) is -0.185. The number of carbonyl (C=O) groups is 1. The van der Waals surface area contributed by atoms with E-state index in [2.05, 4.69) is 5.32 Å². The largest absolute Gasteiger partial charge is 0.394 e. The third kappa shape index (κ3) is 2.29. The van der Waals surface area contributed by atoms with Gasteiger partial charge in [-0.25, -0.2) is 8.78 Å². The maximum absolute atomic E-state index is 13.3. The molecule has 0 radical (unpaired) electrons. The quantitative estimate of drug-likeness (QED) is 0.844. The Bertz CT molecular complexity index is 439. The number of nitrogens with one attached hydrogen (secondary N) is 1. The molecule has 3 nitrogen and oxygen atoms in total. The second-order valence-corrected chi connectivity index (χ2v) is 4.37. The molecule has 2 N–H and O–H groups in total. The number of aliphatic hydroxyl groups is 1. The van der Waals surface area contributed by atoms with Crippen LogP contribution in [0.3, 0.4) is 0 Å². The van der Waals surface area contributed by atoms with E-state index >= 15 is 0 Å². The van der Waals surface area contributed by atoms with E-state index in [1.807, 2.05) is 0 Å². The summed E-state index contributed by atoms with van der Waals surface area (Å²) >= 11 is 0.